The molecule has 0 saturated heterocycles. The van der Waals surface area contributed by atoms with Gasteiger partial charge in [-0.1, -0.05) is 0 Å². The molecule has 1 aromatic carbocycles. The average Bonchev–Trinajstić information content (AvgIpc) is 3.17. The summed E-state index contributed by atoms with van der Waals surface area (Å²) < 4.78 is 20.6. The van der Waals surface area contributed by atoms with Crippen molar-refractivity contribution in [3.63, 3.8) is 0 Å². The van der Waals surface area contributed by atoms with Crippen LogP contribution in [0.3, 0.4) is 0 Å². The summed E-state index contributed by atoms with van der Waals surface area (Å²) in [4.78, 5) is 11.1. The lowest BCUT2D eigenvalue weighted by molar-refractivity contribution is 0.206. The van der Waals surface area contributed by atoms with Crippen LogP contribution in [0, 0.1) is 5.82 Å². The molecule has 0 unspecified atom stereocenters. The zero-order chi connectivity index (χ0) is 14.9. The van der Waals surface area contributed by atoms with Crippen molar-refractivity contribution in [2.24, 2.45) is 0 Å². The Bertz CT molecular complexity index is 778. The summed E-state index contributed by atoms with van der Waals surface area (Å²) in [6, 6.07) is 6.15. The Hall–Kier alpha value is -2.47. The molecule has 112 valence electrons. The number of benzene rings is 1. The molecular weight excluding hydrogens is 283 g/mol. The number of halogens is 1. The van der Waals surface area contributed by atoms with Crippen molar-refractivity contribution in [2.75, 3.05) is 6.54 Å². The van der Waals surface area contributed by atoms with E-state index in [9.17, 15) is 4.39 Å². The zero-order valence-corrected chi connectivity index (χ0v) is 11.9. The molecule has 5 nitrogen and oxygen atoms in total. The van der Waals surface area contributed by atoms with E-state index in [1.165, 1.54) is 12.1 Å². The van der Waals surface area contributed by atoms with Gasteiger partial charge >= 0.3 is 0 Å². The van der Waals surface area contributed by atoms with Gasteiger partial charge in [-0.15, -0.1) is 0 Å². The fraction of sp³-hybridized carbons (Fsp3) is 0.250. The highest BCUT2D eigenvalue weighted by Gasteiger charge is 2.18. The van der Waals surface area contributed by atoms with Crippen LogP contribution >= 0.6 is 0 Å². The minimum Gasteiger partial charge on any atom is -0.444 e. The Morgan fingerprint density at radius 3 is 2.91 bits per heavy atom. The van der Waals surface area contributed by atoms with Crippen LogP contribution in [0.25, 0.3) is 11.5 Å². The van der Waals surface area contributed by atoms with Crippen molar-refractivity contribution in [1.82, 2.24) is 19.4 Å². The topological polar surface area (TPSA) is 47.1 Å². The molecule has 2 aromatic heterocycles. The number of nitrogens with zero attached hydrogens (tertiary/aromatic N) is 4. The van der Waals surface area contributed by atoms with Crippen LogP contribution in [0.4, 0.5) is 4.39 Å². The lowest BCUT2D eigenvalue weighted by atomic mass is 10.2. The van der Waals surface area contributed by atoms with Gasteiger partial charge in [-0.25, -0.2) is 14.4 Å². The molecule has 0 saturated carbocycles. The Morgan fingerprint density at radius 1 is 1.18 bits per heavy atom. The quantitative estimate of drug-likeness (QED) is 0.746. The van der Waals surface area contributed by atoms with E-state index in [0.717, 1.165) is 43.3 Å². The molecule has 0 atom stereocenters. The van der Waals surface area contributed by atoms with Crippen molar-refractivity contribution in [3.8, 4) is 11.5 Å². The van der Waals surface area contributed by atoms with Gasteiger partial charge in [-0.2, -0.15) is 0 Å². The van der Waals surface area contributed by atoms with E-state index in [4.69, 9.17) is 4.42 Å². The standard InChI is InChI=1S/C16H15FN4O/c17-13-3-1-12(2-4-13)16-19-14(11-22-16)9-20-7-8-21-6-5-18-15(21)10-20/h1-6,11H,7-10H2. The molecule has 1 aliphatic rings. The van der Waals surface area contributed by atoms with Crippen LogP contribution in [0.15, 0.2) is 47.3 Å². The van der Waals surface area contributed by atoms with Crippen molar-refractivity contribution < 1.29 is 8.81 Å². The molecule has 0 radical (unpaired) electrons. The van der Waals surface area contributed by atoms with Crippen LogP contribution < -0.4 is 0 Å². The second kappa shape index (κ2) is 5.38. The molecule has 1 aliphatic heterocycles. The summed E-state index contributed by atoms with van der Waals surface area (Å²) >= 11 is 0. The smallest absolute Gasteiger partial charge is 0.226 e. The molecule has 3 heterocycles. The number of hydrogen-bond donors (Lipinski definition) is 0. The van der Waals surface area contributed by atoms with E-state index in [0.29, 0.717) is 5.89 Å². The van der Waals surface area contributed by atoms with Gasteiger partial charge < -0.3 is 8.98 Å². The number of oxazole rings is 1. The summed E-state index contributed by atoms with van der Waals surface area (Å²) in [5.74, 6) is 1.33. The van der Waals surface area contributed by atoms with Crippen LogP contribution in [0.2, 0.25) is 0 Å². The van der Waals surface area contributed by atoms with E-state index >= 15 is 0 Å². The first-order chi connectivity index (χ1) is 10.8. The highest BCUT2D eigenvalue weighted by molar-refractivity contribution is 5.52. The monoisotopic (exact) mass is 298 g/mol. The maximum absolute atomic E-state index is 12.9. The predicted octanol–water partition coefficient (Wildman–Crippen LogP) is 2.69. The van der Waals surface area contributed by atoms with Gasteiger partial charge in [-0.05, 0) is 24.3 Å². The molecule has 0 N–H and O–H groups in total. The maximum Gasteiger partial charge on any atom is 0.226 e. The molecule has 6 heteroatoms. The summed E-state index contributed by atoms with van der Waals surface area (Å²) in [6.45, 7) is 3.43. The normalized spacial score (nSPS) is 15.0. The first kappa shape index (κ1) is 13.2. The lowest BCUT2D eigenvalue weighted by Gasteiger charge is -2.26. The first-order valence-electron chi connectivity index (χ1n) is 7.21. The molecule has 0 amide bonds. The van der Waals surface area contributed by atoms with Crippen molar-refractivity contribution in [2.45, 2.75) is 19.6 Å². The van der Waals surface area contributed by atoms with Gasteiger partial charge in [0.05, 0.1) is 12.2 Å². The SMILES string of the molecule is Fc1ccc(-c2nc(CN3CCn4ccnc4C3)co2)cc1. The third-order valence-corrected chi connectivity index (χ3v) is 3.85. The molecule has 0 aliphatic carbocycles. The minimum atomic E-state index is -0.264. The number of rotatable bonds is 3. The zero-order valence-electron chi connectivity index (χ0n) is 11.9. The molecule has 0 fully saturated rings. The Balaban J connectivity index is 1.47. The highest BCUT2D eigenvalue weighted by Crippen LogP contribution is 2.20. The lowest BCUT2D eigenvalue weighted by Crippen LogP contribution is -2.33. The van der Waals surface area contributed by atoms with E-state index in [-0.39, 0.29) is 5.82 Å². The van der Waals surface area contributed by atoms with Crippen LogP contribution in [-0.4, -0.2) is 26.0 Å². The van der Waals surface area contributed by atoms with Gasteiger partial charge in [0, 0.05) is 37.6 Å². The second-order valence-corrected chi connectivity index (χ2v) is 5.40. The highest BCUT2D eigenvalue weighted by atomic mass is 19.1. The maximum atomic E-state index is 12.9. The number of hydrogen-bond acceptors (Lipinski definition) is 4. The first-order valence-corrected chi connectivity index (χ1v) is 7.21. The molecular formula is C16H15FN4O. The largest absolute Gasteiger partial charge is 0.444 e. The van der Waals surface area contributed by atoms with Crippen LogP contribution in [0.5, 0.6) is 0 Å². The van der Waals surface area contributed by atoms with Gasteiger partial charge in [0.2, 0.25) is 5.89 Å². The average molecular weight is 298 g/mol. The summed E-state index contributed by atoms with van der Waals surface area (Å²) in [7, 11) is 0. The second-order valence-electron chi connectivity index (χ2n) is 5.40. The fourth-order valence-electron chi connectivity index (χ4n) is 2.69. The van der Waals surface area contributed by atoms with E-state index in [1.54, 1.807) is 18.4 Å². The van der Waals surface area contributed by atoms with Gasteiger partial charge in [0.1, 0.15) is 17.9 Å². The molecule has 3 aromatic rings. The van der Waals surface area contributed by atoms with Gasteiger partial charge in [0.25, 0.3) is 0 Å². The Morgan fingerprint density at radius 2 is 2.05 bits per heavy atom. The third kappa shape index (κ3) is 2.53. The van der Waals surface area contributed by atoms with Crippen molar-refractivity contribution in [1.29, 1.82) is 0 Å². The van der Waals surface area contributed by atoms with Crippen LogP contribution in [0.1, 0.15) is 11.5 Å². The number of fused-ring (bicyclic) bond motifs is 1. The van der Waals surface area contributed by atoms with E-state index in [2.05, 4.69) is 19.4 Å². The Labute approximate surface area is 127 Å². The molecule has 4 rings (SSSR count). The van der Waals surface area contributed by atoms with Crippen LogP contribution in [-0.2, 0) is 19.6 Å². The van der Waals surface area contributed by atoms with Crippen molar-refractivity contribution >= 4 is 0 Å². The number of imidazole rings is 1. The number of aromatic nitrogens is 3. The summed E-state index contributed by atoms with van der Waals surface area (Å²) in [6.07, 6.45) is 5.51. The van der Waals surface area contributed by atoms with E-state index in [1.807, 2.05) is 12.4 Å². The van der Waals surface area contributed by atoms with Gasteiger partial charge in [0.15, 0.2) is 0 Å². The Kier molecular flexibility index (Phi) is 3.23. The summed E-state index contributed by atoms with van der Waals surface area (Å²) in [5.41, 5.74) is 1.65. The van der Waals surface area contributed by atoms with Crippen molar-refractivity contribution in [3.05, 3.63) is 60.3 Å². The van der Waals surface area contributed by atoms with Gasteiger partial charge in [-0.3, -0.25) is 4.90 Å². The summed E-state index contributed by atoms with van der Waals surface area (Å²) in [5, 5.41) is 0. The minimum absolute atomic E-state index is 0.264. The predicted molar refractivity (Wildman–Crippen MR) is 78.2 cm³/mol. The fourth-order valence-corrected chi connectivity index (χ4v) is 2.69. The third-order valence-electron chi connectivity index (χ3n) is 3.85. The molecule has 0 spiro atoms. The molecule has 0 bridgehead atoms. The van der Waals surface area contributed by atoms with E-state index < -0.39 is 0 Å². The molecule has 22 heavy (non-hydrogen) atoms.